The van der Waals surface area contributed by atoms with Gasteiger partial charge in [-0.2, -0.15) is 0 Å². The average molecular weight is 311 g/mol. The molecule has 0 aromatic heterocycles. The van der Waals surface area contributed by atoms with Crippen LogP contribution in [0.1, 0.15) is 5.56 Å². The molecule has 0 aliphatic heterocycles. The van der Waals surface area contributed by atoms with Gasteiger partial charge in [0.2, 0.25) is 0 Å². The SMILES string of the molecule is COc1ccc2c(ccc3ccccc32)c1N=Cc1ccccc1. The van der Waals surface area contributed by atoms with E-state index in [1.54, 1.807) is 7.11 Å². The molecule has 4 aromatic rings. The van der Waals surface area contributed by atoms with Crippen molar-refractivity contribution < 1.29 is 4.74 Å². The summed E-state index contributed by atoms with van der Waals surface area (Å²) >= 11 is 0. The van der Waals surface area contributed by atoms with Crippen LogP contribution in [0, 0.1) is 0 Å². The summed E-state index contributed by atoms with van der Waals surface area (Å²) in [6.45, 7) is 0. The fourth-order valence-corrected chi connectivity index (χ4v) is 3.03. The summed E-state index contributed by atoms with van der Waals surface area (Å²) in [5.74, 6) is 0.782. The summed E-state index contributed by atoms with van der Waals surface area (Å²) in [5, 5.41) is 4.75. The standard InChI is InChI=1S/C22H17NO/c1-24-21-14-13-19-18-10-6-5-9-17(18)11-12-20(19)22(21)23-15-16-7-3-2-4-8-16/h2-15H,1H3. The third-order valence-electron chi connectivity index (χ3n) is 4.22. The van der Waals surface area contributed by atoms with E-state index in [2.05, 4.69) is 42.5 Å². The molecule has 0 fully saturated rings. The minimum atomic E-state index is 0.782. The lowest BCUT2D eigenvalue weighted by Gasteiger charge is -2.10. The van der Waals surface area contributed by atoms with Crippen LogP contribution in [0.5, 0.6) is 5.75 Å². The number of nitrogens with zero attached hydrogens (tertiary/aromatic N) is 1. The predicted molar refractivity (Wildman–Crippen MR) is 102 cm³/mol. The first kappa shape index (κ1) is 14.5. The summed E-state index contributed by atoms with van der Waals surface area (Å²) in [6.07, 6.45) is 1.88. The maximum Gasteiger partial charge on any atom is 0.145 e. The third kappa shape index (κ3) is 2.52. The Morgan fingerprint density at radius 3 is 2.29 bits per heavy atom. The Hall–Kier alpha value is -3.13. The van der Waals surface area contributed by atoms with Crippen molar-refractivity contribution in [2.75, 3.05) is 7.11 Å². The topological polar surface area (TPSA) is 21.6 Å². The van der Waals surface area contributed by atoms with Gasteiger partial charge in [0.05, 0.1) is 7.11 Å². The minimum absolute atomic E-state index is 0.782. The molecule has 0 spiro atoms. The summed E-state index contributed by atoms with van der Waals surface area (Å²) < 4.78 is 5.54. The zero-order valence-corrected chi connectivity index (χ0v) is 13.4. The molecule has 24 heavy (non-hydrogen) atoms. The lowest BCUT2D eigenvalue weighted by Crippen LogP contribution is -1.87. The molecule has 0 saturated heterocycles. The highest BCUT2D eigenvalue weighted by atomic mass is 16.5. The molecule has 0 aliphatic carbocycles. The Morgan fingerprint density at radius 1 is 0.708 bits per heavy atom. The van der Waals surface area contributed by atoms with Crippen LogP contribution in [-0.2, 0) is 0 Å². The second-order valence-corrected chi connectivity index (χ2v) is 5.67. The zero-order valence-electron chi connectivity index (χ0n) is 13.4. The summed E-state index contributed by atoms with van der Waals surface area (Å²) in [6, 6.07) is 26.9. The number of fused-ring (bicyclic) bond motifs is 3. The first-order valence-electron chi connectivity index (χ1n) is 7.94. The first-order valence-corrected chi connectivity index (χ1v) is 7.94. The zero-order chi connectivity index (χ0) is 16.4. The second-order valence-electron chi connectivity index (χ2n) is 5.67. The number of benzene rings is 4. The number of rotatable bonds is 3. The van der Waals surface area contributed by atoms with E-state index in [9.17, 15) is 0 Å². The molecule has 0 bridgehead atoms. The van der Waals surface area contributed by atoms with Crippen molar-refractivity contribution in [3.63, 3.8) is 0 Å². The van der Waals surface area contributed by atoms with Gasteiger partial charge in [-0.1, -0.05) is 66.7 Å². The molecule has 0 radical (unpaired) electrons. The van der Waals surface area contributed by atoms with E-state index in [0.29, 0.717) is 0 Å². The van der Waals surface area contributed by atoms with E-state index in [0.717, 1.165) is 22.4 Å². The van der Waals surface area contributed by atoms with Gasteiger partial charge in [-0.05, 0) is 33.9 Å². The molecule has 0 N–H and O–H groups in total. The highest BCUT2D eigenvalue weighted by molar-refractivity contribution is 6.12. The molecule has 116 valence electrons. The van der Waals surface area contributed by atoms with E-state index >= 15 is 0 Å². The van der Waals surface area contributed by atoms with Crippen molar-refractivity contribution in [3.8, 4) is 5.75 Å². The molecule has 0 unspecified atom stereocenters. The highest BCUT2D eigenvalue weighted by Crippen LogP contribution is 2.38. The largest absolute Gasteiger partial charge is 0.494 e. The second kappa shape index (κ2) is 6.17. The fourth-order valence-electron chi connectivity index (χ4n) is 3.03. The molecular weight excluding hydrogens is 294 g/mol. The van der Waals surface area contributed by atoms with Crippen molar-refractivity contribution in [2.45, 2.75) is 0 Å². The van der Waals surface area contributed by atoms with Gasteiger partial charge >= 0.3 is 0 Å². The molecule has 0 heterocycles. The van der Waals surface area contributed by atoms with Crippen LogP contribution in [0.15, 0.2) is 83.9 Å². The van der Waals surface area contributed by atoms with E-state index in [1.807, 2.05) is 42.6 Å². The maximum atomic E-state index is 5.54. The van der Waals surface area contributed by atoms with Crippen LogP contribution in [0.2, 0.25) is 0 Å². The van der Waals surface area contributed by atoms with E-state index in [-0.39, 0.29) is 0 Å². The number of ether oxygens (including phenoxy) is 1. The number of hydrogen-bond acceptors (Lipinski definition) is 2. The van der Waals surface area contributed by atoms with Gasteiger partial charge in [-0.3, -0.25) is 4.99 Å². The van der Waals surface area contributed by atoms with E-state index in [4.69, 9.17) is 9.73 Å². The fraction of sp³-hybridized carbons (Fsp3) is 0.0455. The van der Waals surface area contributed by atoms with Crippen LogP contribution in [0.4, 0.5) is 5.69 Å². The first-order chi connectivity index (χ1) is 11.9. The van der Waals surface area contributed by atoms with Gasteiger partial charge in [-0.15, -0.1) is 0 Å². The van der Waals surface area contributed by atoms with Crippen molar-refractivity contribution in [1.29, 1.82) is 0 Å². The Labute approximate surface area is 141 Å². The van der Waals surface area contributed by atoms with Crippen molar-refractivity contribution in [1.82, 2.24) is 0 Å². The van der Waals surface area contributed by atoms with Crippen molar-refractivity contribution in [3.05, 3.63) is 84.4 Å². The third-order valence-corrected chi connectivity index (χ3v) is 4.22. The quantitative estimate of drug-likeness (QED) is 0.348. The van der Waals surface area contributed by atoms with Crippen LogP contribution in [0.3, 0.4) is 0 Å². The normalized spacial score (nSPS) is 11.4. The minimum Gasteiger partial charge on any atom is -0.494 e. The van der Waals surface area contributed by atoms with Gasteiger partial charge in [0.25, 0.3) is 0 Å². The van der Waals surface area contributed by atoms with Gasteiger partial charge < -0.3 is 4.74 Å². The molecule has 2 nitrogen and oxygen atoms in total. The molecular formula is C22H17NO. The Bertz CT molecular complexity index is 1040. The summed E-state index contributed by atoms with van der Waals surface area (Å²) in [4.78, 5) is 4.73. The molecule has 4 rings (SSSR count). The Kier molecular flexibility index (Phi) is 3.72. The number of methoxy groups -OCH3 is 1. The van der Waals surface area contributed by atoms with Crippen LogP contribution < -0.4 is 4.74 Å². The molecule has 4 aromatic carbocycles. The Morgan fingerprint density at radius 2 is 1.46 bits per heavy atom. The predicted octanol–water partition coefficient (Wildman–Crippen LogP) is 5.75. The molecule has 0 atom stereocenters. The van der Waals surface area contributed by atoms with E-state index < -0.39 is 0 Å². The Balaban J connectivity index is 1.95. The van der Waals surface area contributed by atoms with Gasteiger partial charge in [-0.25, -0.2) is 0 Å². The maximum absolute atomic E-state index is 5.54. The lowest BCUT2D eigenvalue weighted by molar-refractivity contribution is 0.417. The average Bonchev–Trinajstić information content (AvgIpc) is 2.66. The van der Waals surface area contributed by atoms with Gasteiger partial charge in [0, 0.05) is 11.6 Å². The van der Waals surface area contributed by atoms with E-state index in [1.165, 1.54) is 16.2 Å². The van der Waals surface area contributed by atoms with Crippen molar-refractivity contribution in [2.24, 2.45) is 4.99 Å². The van der Waals surface area contributed by atoms with Gasteiger partial charge in [0.15, 0.2) is 0 Å². The molecule has 2 heteroatoms. The summed E-state index contributed by atoms with van der Waals surface area (Å²) in [7, 11) is 1.68. The smallest absolute Gasteiger partial charge is 0.145 e. The molecule has 0 amide bonds. The van der Waals surface area contributed by atoms with Crippen LogP contribution >= 0.6 is 0 Å². The number of hydrogen-bond donors (Lipinski definition) is 0. The summed E-state index contributed by atoms with van der Waals surface area (Å²) in [5.41, 5.74) is 1.93. The lowest BCUT2D eigenvalue weighted by atomic mass is 10.0. The monoisotopic (exact) mass is 311 g/mol. The molecule has 0 saturated carbocycles. The van der Waals surface area contributed by atoms with Crippen LogP contribution in [-0.4, -0.2) is 13.3 Å². The van der Waals surface area contributed by atoms with Crippen LogP contribution in [0.25, 0.3) is 21.5 Å². The number of aliphatic imine (C=N–C) groups is 1. The molecule has 0 aliphatic rings. The van der Waals surface area contributed by atoms with Crippen molar-refractivity contribution >= 4 is 33.4 Å². The highest BCUT2D eigenvalue weighted by Gasteiger charge is 2.09. The van der Waals surface area contributed by atoms with Gasteiger partial charge in [0.1, 0.15) is 11.4 Å².